The van der Waals surface area contributed by atoms with Gasteiger partial charge in [-0.05, 0) is 13.8 Å². The zero-order valence-corrected chi connectivity index (χ0v) is 13.5. The van der Waals surface area contributed by atoms with Gasteiger partial charge in [0.05, 0.1) is 0 Å². The first-order valence-corrected chi connectivity index (χ1v) is 5.87. The molecule has 103 valence electrons. The summed E-state index contributed by atoms with van der Waals surface area (Å²) in [5, 5.41) is 28.3. The fourth-order valence-electron chi connectivity index (χ4n) is 2.58. The summed E-state index contributed by atoms with van der Waals surface area (Å²) in [5.74, 6) is -0.777. The summed E-state index contributed by atoms with van der Waals surface area (Å²) in [7, 11) is 0. The number of rotatable bonds is 4. The molecule has 0 amide bonds. The summed E-state index contributed by atoms with van der Waals surface area (Å²) in [6.45, 7) is 3.25. The molecule has 2 aliphatic heterocycles. The first-order chi connectivity index (χ1) is 7.94. The maximum atomic E-state index is 10.3. The van der Waals surface area contributed by atoms with Gasteiger partial charge in [0, 0.05) is 58.8 Å². The van der Waals surface area contributed by atoms with E-state index in [0.717, 1.165) is 0 Å². The molecule has 2 fully saturated rings. The molecule has 2 saturated heterocycles. The number of aliphatic hydroxyl groups excluding tert-OH is 3. The fraction of sp³-hybridized carbons (Fsp3) is 1.00. The van der Waals surface area contributed by atoms with Crippen LogP contribution in [0, 0.1) is 0 Å². The standard InChI is InChI=1S/C11H20O6.Y/c1-10(2)15-7-8(14)11(3-5-12,4-6-13)17-9(7)16-10;/h7-9,12-14H,3-6H2,1-2H3;/t7?,8-,9-;/m1./s1. The Morgan fingerprint density at radius 1 is 1.00 bits per heavy atom. The van der Waals surface area contributed by atoms with Crippen LogP contribution in [0.1, 0.15) is 26.7 Å². The molecule has 0 aromatic carbocycles. The molecule has 0 aromatic rings. The van der Waals surface area contributed by atoms with Crippen molar-refractivity contribution in [2.45, 2.75) is 56.6 Å². The van der Waals surface area contributed by atoms with E-state index in [4.69, 9.17) is 24.4 Å². The Morgan fingerprint density at radius 2 is 1.56 bits per heavy atom. The van der Waals surface area contributed by atoms with Gasteiger partial charge in [-0.15, -0.1) is 0 Å². The zero-order valence-electron chi connectivity index (χ0n) is 10.7. The number of ether oxygens (including phenoxy) is 3. The first-order valence-electron chi connectivity index (χ1n) is 5.87. The van der Waals surface area contributed by atoms with E-state index in [1.54, 1.807) is 13.8 Å². The van der Waals surface area contributed by atoms with Crippen molar-refractivity contribution in [2.75, 3.05) is 13.2 Å². The Bertz CT molecular complexity index is 279. The third-order valence-electron chi connectivity index (χ3n) is 3.36. The summed E-state index contributed by atoms with van der Waals surface area (Å²) in [6, 6.07) is 0. The normalized spacial score (nSPS) is 36.2. The third-order valence-corrected chi connectivity index (χ3v) is 3.36. The smallest absolute Gasteiger partial charge is 0.190 e. The molecule has 2 heterocycles. The van der Waals surface area contributed by atoms with Gasteiger partial charge in [-0.2, -0.15) is 0 Å². The van der Waals surface area contributed by atoms with Crippen molar-refractivity contribution in [1.82, 2.24) is 0 Å². The van der Waals surface area contributed by atoms with Crippen LogP contribution < -0.4 is 0 Å². The molecule has 0 saturated carbocycles. The Balaban J connectivity index is 0.00000162. The van der Waals surface area contributed by atoms with Crippen molar-refractivity contribution in [3.05, 3.63) is 0 Å². The quantitative estimate of drug-likeness (QED) is 0.632. The van der Waals surface area contributed by atoms with E-state index in [9.17, 15) is 5.11 Å². The van der Waals surface area contributed by atoms with Gasteiger partial charge in [0.15, 0.2) is 12.1 Å². The predicted octanol–water partition coefficient (Wildman–Crippen LogP) is -0.644. The second kappa shape index (κ2) is 6.10. The van der Waals surface area contributed by atoms with Gasteiger partial charge >= 0.3 is 0 Å². The Morgan fingerprint density at radius 3 is 2.00 bits per heavy atom. The van der Waals surface area contributed by atoms with Crippen LogP contribution in [0.2, 0.25) is 0 Å². The second-order valence-corrected chi connectivity index (χ2v) is 5.04. The number of aliphatic hydroxyl groups is 3. The van der Waals surface area contributed by atoms with E-state index in [0.29, 0.717) is 0 Å². The van der Waals surface area contributed by atoms with Crippen LogP contribution in [0.3, 0.4) is 0 Å². The second-order valence-electron chi connectivity index (χ2n) is 5.04. The van der Waals surface area contributed by atoms with Crippen LogP contribution in [0.5, 0.6) is 0 Å². The van der Waals surface area contributed by atoms with Crippen molar-refractivity contribution < 1.29 is 62.2 Å². The summed E-state index contributed by atoms with van der Waals surface area (Å²) >= 11 is 0. The van der Waals surface area contributed by atoms with Gasteiger partial charge in [0.1, 0.15) is 17.8 Å². The van der Waals surface area contributed by atoms with Gasteiger partial charge in [0.2, 0.25) is 0 Å². The molecule has 0 spiro atoms. The summed E-state index contributed by atoms with van der Waals surface area (Å²) in [4.78, 5) is 0. The average Bonchev–Trinajstić information content (AvgIpc) is 2.63. The summed E-state index contributed by atoms with van der Waals surface area (Å²) in [5.41, 5.74) is -0.977. The molecule has 7 heteroatoms. The molecule has 3 N–H and O–H groups in total. The summed E-state index contributed by atoms with van der Waals surface area (Å²) < 4.78 is 16.8. The van der Waals surface area contributed by atoms with Crippen LogP contribution in [0.25, 0.3) is 0 Å². The molecule has 1 unspecified atom stereocenters. The van der Waals surface area contributed by atoms with Gasteiger partial charge < -0.3 is 29.5 Å². The van der Waals surface area contributed by atoms with E-state index in [1.807, 2.05) is 0 Å². The van der Waals surface area contributed by atoms with Crippen LogP contribution in [-0.4, -0.2) is 58.4 Å². The molecule has 3 atom stereocenters. The molecule has 0 aliphatic carbocycles. The molecule has 2 aliphatic rings. The van der Waals surface area contributed by atoms with Gasteiger partial charge in [0.25, 0.3) is 0 Å². The Hall–Kier alpha value is 0.864. The minimum Gasteiger partial charge on any atom is -0.396 e. The van der Waals surface area contributed by atoms with Gasteiger partial charge in [-0.25, -0.2) is 0 Å². The molecule has 18 heavy (non-hydrogen) atoms. The fourth-order valence-corrected chi connectivity index (χ4v) is 2.58. The molecular weight excluding hydrogens is 317 g/mol. The number of fused-ring (bicyclic) bond motifs is 1. The van der Waals surface area contributed by atoms with E-state index < -0.39 is 29.9 Å². The minimum atomic E-state index is -0.977. The average molecular weight is 337 g/mol. The molecule has 0 aromatic heterocycles. The van der Waals surface area contributed by atoms with Crippen LogP contribution >= 0.6 is 0 Å². The van der Waals surface area contributed by atoms with Crippen LogP contribution in [0.4, 0.5) is 0 Å². The summed E-state index contributed by atoms with van der Waals surface area (Å²) in [6.07, 6.45) is -1.63. The van der Waals surface area contributed by atoms with Crippen LogP contribution in [-0.2, 0) is 46.9 Å². The van der Waals surface area contributed by atoms with Crippen molar-refractivity contribution >= 4 is 0 Å². The first kappa shape index (κ1) is 16.9. The van der Waals surface area contributed by atoms with E-state index in [2.05, 4.69) is 0 Å². The molecule has 0 bridgehead atoms. The van der Waals surface area contributed by atoms with Crippen molar-refractivity contribution in [2.24, 2.45) is 0 Å². The van der Waals surface area contributed by atoms with Crippen molar-refractivity contribution in [3.63, 3.8) is 0 Å². The zero-order chi connectivity index (χ0) is 12.7. The molecule has 6 nitrogen and oxygen atoms in total. The van der Waals surface area contributed by atoms with Crippen LogP contribution in [0.15, 0.2) is 0 Å². The van der Waals surface area contributed by atoms with Crippen molar-refractivity contribution in [3.8, 4) is 0 Å². The Labute approximate surface area is 131 Å². The van der Waals surface area contributed by atoms with Gasteiger partial charge in [-0.3, -0.25) is 0 Å². The molecular formula is C11H20O6Y. The maximum absolute atomic E-state index is 10.3. The largest absolute Gasteiger partial charge is 0.396 e. The van der Waals surface area contributed by atoms with Crippen molar-refractivity contribution in [1.29, 1.82) is 0 Å². The maximum Gasteiger partial charge on any atom is 0.190 e. The van der Waals surface area contributed by atoms with Gasteiger partial charge in [-0.1, -0.05) is 0 Å². The number of hydrogen-bond acceptors (Lipinski definition) is 6. The Kier molecular flexibility index (Phi) is 5.73. The minimum absolute atomic E-state index is 0. The van der Waals surface area contributed by atoms with E-state index in [1.165, 1.54) is 0 Å². The topological polar surface area (TPSA) is 88.4 Å². The molecule has 2 rings (SSSR count). The number of hydrogen-bond donors (Lipinski definition) is 3. The monoisotopic (exact) mass is 337 g/mol. The predicted molar refractivity (Wildman–Crippen MR) is 57.1 cm³/mol. The van der Waals surface area contributed by atoms with E-state index >= 15 is 0 Å². The van der Waals surface area contributed by atoms with E-state index in [-0.39, 0.29) is 58.8 Å². The SMILES string of the molecule is CC1(C)OC2[C@H](O1)OC(CCO)(CCO)[C@@H]2O.[Y]. The molecule has 1 radical (unpaired) electrons. The third kappa shape index (κ3) is 2.96.